The lowest BCUT2D eigenvalue weighted by atomic mass is 9.85. The van der Waals surface area contributed by atoms with E-state index in [9.17, 15) is 9.59 Å². The molecule has 2 aliphatic rings. The van der Waals surface area contributed by atoms with Gasteiger partial charge in [0.2, 0.25) is 0 Å². The molecule has 0 saturated carbocycles. The molecule has 0 bridgehead atoms. The summed E-state index contributed by atoms with van der Waals surface area (Å²) in [6.07, 6.45) is 2.72. The molecule has 0 aromatic rings. The standard InChI is InChI=1S/C14H23NO4/c1-14(2)6-3-8-15(9-7-14)12(16)10-4-5-11(19-10)13(17)18/h10-11H,3-9H2,1-2H3,(H,17,18)/t10-,11+/m0/s1. The van der Waals surface area contributed by atoms with Crippen molar-refractivity contribution in [2.45, 2.75) is 58.2 Å². The van der Waals surface area contributed by atoms with Crippen LogP contribution >= 0.6 is 0 Å². The van der Waals surface area contributed by atoms with E-state index in [2.05, 4.69) is 13.8 Å². The van der Waals surface area contributed by atoms with E-state index in [1.54, 1.807) is 0 Å². The molecule has 0 aliphatic carbocycles. The third kappa shape index (κ3) is 3.47. The van der Waals surface area contributed by atoms with Gasteiger partial charge in [-0.3, -0.25) is 4.79 Å². The van der Waals surface area contributed by atoms with Crippen LogP contribution in [0.4, 0.5) is 0 Å². The van der Waals surface area contributed by atoms with Crippen molar-refractivity contribution >= 4 is 11.9 Å². The minimum absolute atomic E-state index is 0.0264. The lowest BCUT2D eigenvalue weighted by molar-refractivity contribution is -0.154. The van der Waals surface area contributed by atoms with Gasteiger partial charge in [-0.2, -0.15) is 0 Å². The maximum absolute atomic E-state index is 12.3. The number of amides is 1. The van der Waals surface area contributed by atoms with Crippen molar-refractivity contribution in [2.75, 3.05) is 13.1 Å². The first-order chi connectivity index (χ1) is 8.89. The third-order valence-electron chi connectivity index (χ3n) is 4.22. The largest absolute Gasteiger partial charge is 0.479 e. The average molecular weight is 269 g/mol. The molecule has 19 heavy (non-hydrogen) atoms. The molecule has 2 aliphatic heterocycles. The van der Waals surface area contributed by atoms with Crippen LogP contribution in [0.2, 0.25) is 0 Å². The van der Waals surface area contributed by atoms with Crippen LogP contribution in [0.1, 0.15) is 46.0 Å². The molecule has 5 nitrogen and oxygen atoms in total. The summed E-state index contributed by atoms with van der Waals surface area (Å²) in [5.74, 6) is -0.992. The maximum Gasteiger partial charge on any atom is 0.332 e. The smallest absolute Gasteiger partial charge is 0.332 e. The van der Waals surface area contributed by atoms with Gasteiger partial charge in [0.1, 0.15) is 6.10 Å². The summed E-state index contributed by atoms with van der Waals surface area (Å²) in [6.45, 7) is 5.98. The van der Waals surface area contributed by atoms with E-state index in [1.807, 2.05) is 4.90 Å². The molecule has 0 aromatic carbocycles. The summed E-state index contributed by atoms with van der Waals surface area (Å²) >= 11 is 0. The Kier molecular flexibility index (Phi) is 4.13. The second-order valence-corrected chi connectivity index (χ2v) is 6.37. The molecule has 2 heterocycles. The molecule has 0 aromatic heterocycles. The molecule has 2 atom stereocenters. The zero-order chi connectivity index (χ0) is 14.0. The SMILES string of the molecule is CC1(C)CCCN(C(=O)[C@@H]2CC[C@H](C(=O)O)O2)CC1. The first-order valence-electron chi connectivity index (χ1n) is 7.06. The van der Waals surface area contributed by atoms with Crippen LogP contribution in [0.15, 0.2) is 0 Å². The van der Waals surface area contributed by atoms with Gasteiger partial charge < -0.3 is 14.7 Å². The fourth-order valence-electron chi connectivity index (χ4n) is 2.85. The molecule has 0 spiro atoms. The lowest BCUT2D eigenvalue weighted by Gasteiger charge is -2.25. The van der Waals surface area contributed by atoms with Gasteiger partial charge in [0, 0.05) is 13.1 Å². The minimum atomic E-state index is -0.965. The van der Waals surface area contributed by atoms with Gasteiger partial charge in [-0.15, -0.1) is 0 Å². The zero-order valence-corrected chi connectivity index (χ0v) is 11.7. The van der Waals surface area contributed by atoms with E-state index in [1.165, 1.54) is 0 Å². The summed E-state index contributed by atoms with van der Waals surface area (Å²) in [5.41, 5.74) is 0.287. The van der Waals surface area contributed by atoms with Crippen molar-refractivity contribution in [3.8, 4) is 0 Å². The number of carboxylic acids is 1. The monoisotopic (exact) mass is 269 g/mol. The highest BCUT2D eigenvalue weighted by Crippen LogP contribution is 2.31. The van der Waals surface area contributed by atoms with Crippen LogP contribution in [0.25, 0.3) is 0 Å². The Hall–Kier alpha value is -1.10. The van der Waals surface area contributed by atoms with Crippen molar-refractivity contribution in [2.24, 2.45) is 5.41 Å². The number of nitrogens with zero attached hydrogens (tertiary/aromatic N) is 1. The number of rotatable bonds is 2. The Morgan fingerprint density at radius 1 is 1.16 bits per heavy atom. The van der Waals surface area contributed by atoms with E-state index < -0.39 is 18.2 Å². The number of ether oxygens (including phenoxy) is 1. The molecule has 1 N–H and O–H groups in total. The fraction of sp³-hybridized carbons (Fsp3) is 0.857. The van der Waals surface area contributed by atoms with Crippen molar-refractivity contribution in [3.63, 3.8) is 0 Å². The summed E-state index contributed by atoms with van der Waals surface area (Å²) < 4.78 is 5.34. The predicted octanol–water partition coefficient (Wildman–Crippen LogP) is 1.66. The third-order valence-corrected chi connectivity index (χ3v) is 4.22. The van der Waals surface area contributed by atoms with Crippen LogP contribution in [-0.2, 0) is 14.3 Å². The summed E-state index contributed by atoms with van der Waals surface area (Å²) in [4.78, 5) is 25.0. The molecule has 0 radical (unpaired) electrons. The predicted molar refractivity (Wildman–Crippen MR) is 69.7 cm³/mol. The average Bonchev–Trinajstić information content (AvgIpc) is 2.75. The molecule has 0 unspecified atom stereocenters. The minimum Gasteiger partial charge on any atom is -0.479 e. The zero-order valence-electron chi connectivity index (χ0n) is 11.7. The summed E-state index contributed by atoms with van der Waals surface area (Å²) in [6, 6.07) is 0. The first kappa shape index (κ1) is 14.3. The molecule has 108 valence electrons. The van der Waals surface area contributed by atoms with Crippen LogP contribution in [0.3, 0.4) is 0 Å². The summed E-state index contributed by atoms with van der Waals surface area (Å²) in [7, 11) is 0. The van der Waals surface area contributed by atoms with Crippen LogP contribution < -0.4 is 0 Å². The highest BCUT2D eigenvalue weighted by molar-refractivity contribution is 5.82. The number of carboxylic acid groups (broad SMARTS) is 1. The van der Waals surface area contributed by atoms with Gasteiger partial charge in [-0.25, -0.2) is 4.79 Å². The molecular formula is C14H23NO4. The number of likely N-dealkylation sites (tertiary alicyclic amines) is 1. The number of aliphatic carboxylic acids is 1. The van der Waals surface area contributed by atoms with E-state index in [4.69, 9.17) is 9.84 Å². The van der Waals surface area contributed by atoms with Gasteiger partial charge in [0.05, 0.1) is 0 Å². The summed E-state index contributed by atoms with van der Waals surface area (Å²) in [5, 5.41) is 8.89. The van der Waals surface area contributed by atoms with Crippen LogP contribution in [0, 0.1) is 5.41 Å². The van der Waals surface area contributed by atoms with Gasteiger partial charge in [-0.05, 0) is 37.5 Å². The molecule has 2 fully saturated rings. The topological polar surface area (TPSA) is 66.8 Å². The maximum atomic E-state index is 12.3. The van der Waals surface area contributed by atoms with Crippen molar-refractivity contribution in [3.05, 3.63) is 0 Å². The normalized spacial score (nSPS) is 30.9. The second-order valence-electron chi connectivity index (χ2n) is 6.37. The number of carbonyl (C=O) groups excluding carboxylic acids is 1. The van der Waals surface area contributed by atoms with E-state index >= 15 is 0 Å². The molecule has 2 rings (SSSR count). The van der Waals surface area contributed by atoms with E-state index in [-0.39, 0.29) is 11.3 Å². The van der Waals surface area contributed by atoms with Gasteiger partial charge in [0.15, 0.2) is 6.10 Å². The first-order valence-corrected chi connectivity index (χ1v) is 7.06. The Balaban J connectivity index is 1.92. The number of carbonyl (C=O) groups is 2. The van der Waals surface area contributed by atoms with E-state index in [0.29, 0.717) is 12.8 Å². The highest BCUT2D eigenvalue weighted by atomic mass is 16.5. The molecular weight excluding hydrogens is 246 g/mol. The highest BCUT2D eigenvalue weighted by Gasteiger charge is 2.37. The van der Waals surface area contributed by atoms with Gasteiger partial charge in [-0.1, -0.05) is 13.8 Å². The van der Waals surface area contributed by atoms with Crippen molar-refractivity contribution < 1.29 is 19.4 Å². The molecule has 1 amide bonds. The molecule has 5 heteroatoms. The van der Waals surface area contributed by atoms with Crippen LogP contribution in [-0.4, -0.2) is 47.2 Å². The Morgan fingerprint density at radius 3 is 2.47 bits per heavy atom. The van der Waals surface area contributed by atoms with Crippen LogP contribution in [0.5, 0.6) is 0 Å². The van der Waals surface area contributed by atoms with Gasteiger partial charge >= 0.3 is 5.97 Å². The molecule has 2 saturated heterocycles. The fourth-order valence-corrected chi connectivity index (χ4v) is 2.85. The Bertz CT molecular complexity index is 366. The number of hydrogen-bond donors (Lipinski definition) is 1. The van der Waals surface area contributed by atoms with Crippen molar-refractivity contribution in [1.29, 1.82) is 0 Å². The Labute approximate surface area is 113 Å². The van der Waals surface area contributed by atoms with E-state index in [0.717, 1.165) is 32.4 Å². The number of hydrogen-bond acceptors (Lipinski definition) is 3. The second kappa shape index (κ2) is 5.49. The lowest BCUT2D eigenvalue weighted by Crippen LogP contribution is -2.40. The van der Waals surface area contributed by atoms with Gasteiger partial charge in [0.25, 0.3) is 5.91 Å². The van der Waals surface area contributed by atoms with Crippen molar-refractivity contribution in [1.82, 2.24) is 4.90 Å². The quantitative estimate of drug-likeness (QED) is 0.828. The Morgan fingerprint density at radius 2 is 1.84 bits per heavy atom.